The van der Waals surface area contributed by atoms with E-state index in [2.05, 4.69) is 92.6 Å². The van der Waals surface area contributed by atoms with Crippen LogP contribution in [0.4, 0.5) is 0 Å². The van der Waals surface area contributed by atoms with E-state index in [0.29, 0.717) is 0 Å². The minimum atomic E-state index is 1.33. The summed E-state index contributed by atoms with van der Waals surface area (Å²) >= 11 is 0. The minimum absolute atomic E-state index is 1.33. The van der Waals surface area contributed by atoms with Crippen molar-refractivity contribution in [3.05, 3.63) is 80.4 Å². The lowest BCUT2D eigenvalue weighted by Gasteiger charge is -2.23. The van der Waals surface area contributed by atoms with Gasteiger partial charge in [-0.1, -0.05) is 41.5 Å². The summed E-state index contributed by atoms with van der Waals surface area (Å²) in [5.41, 5.74) is 17.9. The third kappa shape index (κ3) is 3.34. The predicted molar refractivity (Wildman–Crippen MR) is 120 cm³/mol. The Hall–Kier alpha value is -2.34. The van der Waals surface area contributed by atoms with Gasteiger partial charge in [-0.05, 0) is 124 Å². The number of rotatable bonds is 2. The molecule has 3 aromatic carbocycles. The van der Waals surface area contributed by atoms with E-state index in [1.807, 2.05) is 0 Å². The summed E-state index contributed by atoms with van der Waals surface area (Å²) in [6, 6.07) is 11.6. The molecule has 0 aliphatic carbocycles. The molecule has 0 heteroatoms. The van der Waals surface area contributed by atoms with Gasteiger partial charge in [0.15, 0.2) is 0 Å². The molecule has 0 saturated heterocycles. The Morgan fingerprint density at radius 1 is 0.333 bits per heavy atom. The third-order valence-corrected chi connectivity index (χ3v) is 5.83. The first-order valence-corrected chi connectivity index (χ1v) is 9.89. The summed E-state index contributed by atoms with van der Waals surface area (Å²) < 4.78 is 0. The summed E-state index contributed by atoms with van der Waals surface area (Å²) in [4.78, 5) is 0. The van der Waals surface area contributed by atoms with E-state index in [0.717, 1.165) is 0 Å². The van der Waals surface area contributed by atoms with Gasteiger partial charge in [0, 0.05) is 0 Å². The summed E-state index contributed by atoms with van der Waals surface area (Å²) in [6.45, 7) is 20.2. The highest BCUT2D eigenvalue weighted by atomic mass is 14.2. The normalized spacial score (nSPS) is 11.1. The molecule has 3 aromatic rings. The smallest absolute Gasteiger partial charge is 0.0114 e. The molecular formula is C27H32. The van der Waals surface area contributed by atoms with Gasteiger partial charge >= 0.3 is 0 Å². The van der Waals surface area contributed by atoms with Crippen molar-refractivity contribution in [2.45, 2.75) is 62.3 Å². The zero-order chi connectivity index (χ0) is 20.0. The van der Waals surface area contributed by atoms with E-state index in [1.165, 1.54) is 72.3 Å². The van der Waals surface area contributed by atoms with Crippen LogP contribution in [-0.4, -0.2) is 0 Å². The average molecular weight is 357 g/mol. The largest absolute Gasteiger partial charge is 0.0557 e. The summed E-state index contributed by atoms with van der Waals surface area (Å²) in [7, 11) is 0. The van der Waals surface area contributed by atoms with Crippen LogP contribution in [0.3, 0.4) is 0 Å². The molecule has 0 unspecified atom stereocenters. The Bertz CT molecular complexity index is 920. The highest BCUT2D eigenvalue weighted by Gasteiger charge is 2.19. The van der Waals surface area contributed by atoms with E-state index >= 15 is 0 Å². The first-order chi connectivity index (χ1) is 12.6. The maximum absolute atomic E-state index is 2.37. The Balaban J connectivity index is 2.41. The topological polar surface area (TPSA) is 0 Å². The van der Waals surface area contributed by atoms with Crippen molar-refractivity contribution in [2.24, 2.45) is 0 Å². The van der Waals surface area contributed by atoms with E-state index in [1.54, 1.807) is 0 Å². The molecule has 0 fully saturated rings. The van der Waals surface area contributed by atoms with Crippen molar-refractivity contribution < 1.29 is 0 Å². The van der Waals surface area contributed by atoms with E-state index < -0.39 is 0 Å². The lowest BCUT2D eigenvalue weighted by atomic mass is 9.81. The van der Waals surface area contributed by atoms with Gasteiger partial charge in [-0.3, -0.25) is 0 Å². The van der Waals surface area contributed by atoms with Gasteiger partial charge in [0.25, 0.3) is 0 Å². The van der Waals surface area contributed by atoms with E-state index in [-0.39, 0.29) is 0 Å². The van der Waals surface area contributed by atoms with Crippen molar-refractivity contribution >= 4 is 0 Å². The van der Waals surface area contributed by atoms with Crippen molar-refractivity contribution in [2.75, 3.05) is 0 Å². The zero-order valence-electron chi connectivity index (χ0n) is 18.4. The first kappa shape index (κ1) is 19.4. The third-order valence-electron chi connectivity index (χ3n) is 5.83. The average Bonchev–Trinajstić information content (AvgIpc) is 2.51. The molecule has 0 aliphatic rings. The minimum Gasteiger partial charge on any atom is -0.0557 e. The summed E-state index contributed by atoms with van der Waals surface area (Å²) in [5, 5.41) is 0. The Kier molecular flexibility index (Phi) is 5.04. The molecule has 3 rings (SSSR count). The van der Waals surface area contributed by atoms with Crippen LogP contribution in [0.25, 0.3) is 22.3 Å². The molecule has 0 spiro atoms. The zero-order valence-corrected chi connectivity index (χ0v) is 18.4. The van der Waals surface area contributed by atoms with Crippen molar-refractivity contribution in [1.29, 1.82) is 0 Å². The van der Waals surface area contributed by atoms with Crippen LogP contribution >= 0.6 is 0 Å². The van der Waals surface area contributed by atoms with Gasteiger partial charge in [-0.15, -0.1) is 0 Å². The second-order valence-corrected chi connectivity index (χ2v) is 8.43. The molecule has 0 saturated carbocycles. The van der Waals surface area contributed by atoms with Crippen molar-refractivity contribution in [3.8, 4) is 22.3 Å². The second kappa shape index (κ2) is 7.00. The Morgan fingerprint density at radius 2 is 0.593 bits per heavy atom. The molecule has 0 aliphatic heterocycles. The van der Waals surface area contributed by atoms with Crippen LogP contribution in [-0.2, 0) is 0 Å². The summed E-state index contributed by atoms with van der Waals surface area (Å²) in [6.07, 6.45) is 0. The van der Waals surface area contributed by atoms with E-state index in [4.69, 9.17) is 0 Å². The molecule has 0 heterocycles. The van der Waals surface area contributed by atoms with Gasteiger partial charge in [-0.25, -0.2) is 0 Å². The van der Waals surface area contributed by atoms with Gasteiger partial charge in [0.1, 0.15) is 0 Å². The fourth-order valence-corrected chi connectivity index (χ4v) is 5.10. The standard InChI is InChI=1S/C27H32/c1-15-10-17(3)24(18(4)11-15)26-21(7)14-22(8)27(23(26)9)25-19(5)12-16(2)13-20(25)6/h10-14H,1-9H3. The number of hydrogen-bond donors (Lipinski definition) is 0. The van der Waals surface area contributed by atoms with Crippen LogP contribution in [0.5, 0.6) is 0 Å². The maximum atomic E-state index is 2.37. The van der Waals surface area contributed by atoms with Gasteiger partial charge < -0.3 is 0 Å². The van der Waals surface area contributed by atoms with Gasteiger partial charge in [0.05, 0.1) is 0 Å². The molecule has 0 aromatic heterocycles. The SMILES string of the molecule is Cc1cc(C)c(-c2c(C)cc(C)c(-c3c(C)cc(C)cc3C)c2C)c(C)c1. The molecule has 0 nitrogen and oxygen atoms in total. The fourth-order valence-electron chi connectivity index (χ4n) is 5.10. The fraction of sp³-hybridized carbons (Fsp3) is 0.333. The van der Waals surface area contributed by atoms with Crippen LogP contribution in [0.15, 0.2) is 30.3 Å². The Labute approximate surface area is 165 Å². The predicted octanol–water partition coefficient (Wildman–Crippen LogP) is 7.80. The molecule has 0 radical (unpaired) electrons. The molecule has 0 N–H and O–H groups in total. The quantitative estimate of drug-likeness (QED) is 0.439. The van der Waals surface area contributed by atoms with Crippen LogP contribution in [0.1, 0.15) is 50.1 Å². The monoisotopic (exact) mass is 356 g/mol. The van der Waals surface area contributed by atoms with Crippen LogP contribution in [0.2, 0.25) is 0 Å². The first-order valence-electron chi connectivity index (χ1n) is 9.89. The highest BCUT2D eigenvalue weighted by Crippen LogP contribution is 2.41. The van der Waals surface area contributed by atoms with E-state index in [9.17, 15) is 0 Å². The molecular weight excluding hydrogens is 324 g/mol. The lowest BCUT2D eigenvalue weighted by Crippen LogP contribution is -2.01. The molecule has 140 valence electrons. The van der Waals surface area contributed by atoms with Gasteiger partial charge in [0.2, 0.25) is 0 Å². The molecule has 0 amide bonds. The number of aryl methyl sites for hydroxylation is 8. The van der Waals surface area contributed by atoms with Crippen LogP contribution in [0, 0.1) is 62.3 Å². The molecule has 0 bridgehead atoms. The van der Waals surface area contributed by atoms with Crippen molar-refractivity contribution in [1.82, 2.24) is 0 Å². The van der Waals surface area contributed by atoms with Gasteiger partial charge in [-0.2, -0.15) is 0 Å². The summed E-state index contributed by atoms with van der Waals surface area (Å²) in [5.74, 6) is 0. The van der Waals surface area contributed by atoms with Crippen molar-refractivity contribution in [3.63, 3.8) is 0 Å². The van der Waals surface area contributed by atoms with Crippen LogP contribution < -0.4 is 0 Å². The number of benzene rings is 3. The lowest BCUT2D eigenvalue weighted by molar-refractivity contribution is 1.25. The Morgan fingerprint density at radius 3 is 0.889 bits per heavy atom. The molecule has 27 heavy (non-hydrogen) atoms. The maximum Gasteiger partial charge on any atom is -0.0114 e. The highest BCUT2D eigenvalue weighted by molar-refractivity contribution is 5.87. The number of hydrogen-bond acceptors (Lipinski definition) is 0. The molecule has 0 atom stereocenters. The second-order valence-electron chi connectivity index (χ2n) is 8.43.